The predicted octanol–water partition coefficient (Wildman–Crippen LogP) is 2.43. The van der Waals surface area contributed by atoms with Crippen molar-refractivity contribution < 1.29 is 0 Å². The van der Waals surface area contributed by atoms with Gasteiger partial charge in [0.05, 0.1) is 10.7 Å². The molecule has 4 N–H and O–H groups in total. The number of hydrogen-bond donors (Lipinski definition) is 2. The van der Waals surface area contributed by atoms with Crippen molar-refractivity contribution in [1.29, 1.82) is 0 Å². The van der Waals surface area contributed by atoms with Crippen molar-refractivity contribution in [2.75, 3.05) is 5.73 Å². The average molecular weight is 211 g/mol. The van der Waals surface area contributed by atoms with Crippen LogP contribution in [0.5, 0.6) is 0 Å². The molecular formula is C11H15ClN2. The second kappa shape index (κ2) is 3.44. The highest BCUT2D eigenvalue weighted by Gasteiger charge is 2.21. The lowest BCUT2D eigenvalue weighted by molar-refractivity contribution is 0.802. The smallest absolute Gasteiger partial charge is 0.0641 e. The lowest BCUT2D eigenvalue weighted by atomic mass is 9.97. The summed E-state index contributed by atoms with van der Waals surface area (Å²) in [7, 11) is 0. The third kappa shape index (κ3) is 1.39. The summed E-state index contributed by atoms with van der Waals surface area (Å²) in [5.74, 6) is 0. The van der Waals surface area contributed by atoms with Gasteiger partial charge in [-0.25, -0.2) is 0 Å². The van der Waals surface area contributed by atoms with E-state index in [0.29, 0.717) is 10.7 Å². The van der Waals surface area contributed by atoms with Crippen LogP contribution >= 0.6 is 11.6 Å². The van der Waals surface area contributed by atoms with E-state index in [-0.39, 0.29) is 6.04 Å². The summed E-state index contributed by atoms with van der Waals surface area (Å²) in [5.41, 5.74) is 16.3. The number of hydrogen-bond acceptors (Lipinski definition) is 2. The molecule has 14 heavy (non-hydrogen) atoms. The van der Waals surface area contributed by atoms with Gasteiger partial charge >= 0.3 is 0 Å². The topological polar surface area (TPSA) is 52.0 Å². The third-order valence-electron chi connectivity index (χ3n) is 2.89. The van der Waals surface area contributed by atoms with Crippen LogP contribution in [0.4, 0.5) is 5.69 Å². The summed E-state index contributed by atoms with van der Waals surface area (Å²) >= 11 is 6.06. The van der Waals surface area contributed by atoms with E-state index in [1.165, 1.54) is 17.5 Å². The van der Waals surface area contributed by atoms with Gasteiger partial charge in [0.15, 0.2) is 0 Å². The summed E-state index contributed by atoms with van der Waals surface area (Å²) in [4.78, 5) is 0. The molecule has 2 nitrogen and oxygen atoms in total. The van der Waals surface area contributed by atoms with Crippen LogP contribution in [0.15, 0.2) is 6.07 Å². The van der Waals surface area contributed by atoms with E-state index in [4.69, 9.17) is 23.1 Å². The highest BCUT2D eigenvalue weighted by molar-refractivity contribution is 6.33. The second-order valence-corrected chi connectivity index (χ2v) is 4.37. The minimum atomic E-state index is -0.0273. The molecule has 0 aliphatic heterocycles. The molecule has 2 rings (SSSR count). The van der Waals surface area contributed by atoms with Gasteiger partial charge in [-0.15, -0.1) is 0 Å². The molecule has 3 heteroatoms. The van der Waals surface area contributed by atoms with Crippen molar-refractivity contribution in [3.63, 3.8) is 0 Å². The van der Waals surface area contributed by atoms with Crippen molar-refractivity contribution >= 4 is 17.3 Å². The van der Waals surface area contributed by atoms with Gasteiger partial charge in [-0.2, -0.15) is 0 Å². The van der Waals surface area contributed by atoms with Gasteiger partial charge < -0.3 is 11.5 Å². The molecule has 1 atom stereocenters. The first kappa shape index (κ1) is 9.81. The standard InChI is InChI=1S/C11H15ClN2/c1-6(13)10-8-4-2-3-7(8)5-9(12)11(10)14/h5-6H,2-4,13-14H2,1H3. The Labute approximate surface area is 89.2 Å². The Morgan fingerprint density at radius 1 is 1.43 bits per heavy atom. The van der Waals surface area contributed by atoms with E-state index in [1.807, 2.05) is 13.0 Å². The molecule has 0 aromatic heterocycles. The Morgan fingerprint density at radius 2 is 2.14 bits per heavy atom. The summed E-state index contributed by atoms with van der Waals surface area (Å²) in [6.07, 6.45) is 3.39. The second-order valence-electron chi connectivity index (χ2n) is 3.97. The number of halogens is 1. The maximum absolute atomic E-state index is 6.06. The van der Waals surface area contributed by atoms with Crippen LogP contribution in [0, 0.1) is 0 Å². The zero-order chi connectivity index (χ0) is 10.3. The van der Waals surface area contributed by atoms with Gasteiger partial charge in [0, 0.05) is 6.04 Å². The fourth-order valence-corrected chi connectivity index (χ4v) is 2.51. The minimum Gasteiger partial charge on any atom is -0.397 e. The lowest BCUT2D eigenvalue weighted by Gasteiger charge is -2.16. The van der Waals surface area contributed by atoms with Crippen molar-refractivity contribution in [3.05, 3.63) is 27.8 Å². The van der Waals surface area contributed by atoms with Crippen LogP contribution in [0.3, 0.4) is 0 Å². The monoisotopic (exact) mass is 210 g/mol. The first-order chi connectivity index (χ1) is 6.61. The Kier molecular flexibility index (Phi) is 2.41. The predicted molar refractivity (Wildman–Crippen MR) is 60.5 cm³/mol. The minimum absolute atomic E-state index is 0.0273. The van der Waals surface area contributed by atoms with Crippen molar-refractivity contribution in [2.45, 2.75) is 32.2 Å². The van der Waals surface area contributed by atoms with Gasteiger partial charge in [-0.3, -0.25) is 0 Å². The maximum atomic E-state index is 6.06. The molecule has 0 radical (unpaired) electrons. The largest absolute Gasteiger partial charge is 0.397 e. The van der Waals surface area contributed by atoms with E-state index in [9.17, 15) is 0 Å². The summed E-state index contributed by atoms with van der Waals surface area (Å²) in [6.45, 7) is 1.96. The van der Waals surface area contributed by atoms with Gasteiger partial charge in [-0.05, 0) is 48.9 Å². The van der Waals surface area contributed by atoms with E-state index >= 15 is 0 Å². The molecule has 1 aromatic rings. The summed E-state index contributed by atoms with van der Waals surface area (Å²) in [5, 5.41) is 0.651. The number of anilines is 1. The molecule has 0 amide bonds. The van der Waals surface area contributed by atoms with Crippen LogP contribution in [0.1, 0.15) is 36.1 Å². The fraction of sp³-hybridized carbons (Fsp3) is 0.455. The molecule has 0 spiro atoms. The number of fused-ring (bicyclic) bond motifs is 1. The number of rotatable bonds is 1. The number of nitrogens with two attached hydrogens (primary N) is 2. The summed E-state index contributed by atoms with van der Waals surface area (Å²) in [6, 6.07) is 1.96. The van der Waals surface area contributed by atoms with Gasteiger partial charge in [0.1, 0.15) is 0 Å². The SMILES string of the molecule is CC(N)c1c(N)c(Cl)cc2c1CCC2. The van der Waals surface area contributed by atoms with Crippen LogP contribution in [0.2, 0.25) is 5.02 Å². The molecule has 0 saturated heterocycles. The Morgan fingerprint density at radius 3 is 2.79 bits per heavy atom. The number of aryl methyl sites for hydroxylation is 1. The van der Waals surface area contributed by atoms with Gasteiger partial charge in [-0.1, -0.05) is 11.6 Å². The van der Waals surface area contributed by atoms with Crippen molar-refractivity contribution in [1.82, 2.24) is 0 Å². The molecule has 0 fully saturated rings. The quantitative estimate of drug-likeness (QED) is 0.700. The Balaban J connectivity index is 2.66. The van der Waals surface area contributed by atoms with Crippen LogP contribution in [-0.2, 0) is 12.8 Å². The lowest BCUT2D eigenvalue weighted by Crippen LogP contribution is -2.12. The zero-order valence-corrected chi connectivity index (χ0v) is 9.06. The molecule has 76 valence electrons. The molecule has 1 aromatic carbocycles. The Bertz CT molecular complexity index is 372. The van der Waals surface area contributed by atoms with E-state index < -0.39 is 0 Å². The summed E-state index contributed by atoms with van der Waals surface area (Å²) < 4.78 is 0. The molecule has 1 aliphatic rings. The third-order valence-corrected chi connectivity index (χ3v) is 3.20. The van der Waals surface area contributed by atoms with Crippen molar-refractivity contribution in [2.24, 2.45) is 5.73 Å². The number of nitrogen functional groups attached to an aromatic ring is 1. The molecular weight excluding hydrogens is 196 g/mol. The van der Waals surface area contributed by atoms with Gasteiger partial charge in [0.2, 0.25) is 0 Å². The maximum Gasteiger partial charge on any atom is 0.0641 e. The molecule has 0 bridgehead atoms. The zero-order valence-electron chi connectivity index (χ0n) is 8.31. The molecule has 0 heterocycles. The normalized spacial score (nSPS) is 16.8. The molecule has 0 saturated carbocycles. The number of benzene rings is 1. The molecule has 1 unspecified atom stereocenters. The van der Waals surface area contributed by atoms with Crippen LogP contribution in [-0.4, -0.2) is 0 Å². The highest BCUT2D eigenvalue weighted by atomic mass is 35.5. The average Bonchev–Trinajstić information content (AvgIpc) is 2.52. The van der Waals surface area contributed by atoms with Crippen LogP contribution in [0.25, 0.3) is 0 Å². The Hall–Kier alpha value is -0.730. The van der Waals surface area contributed by atoms with Gasteiger partial charge in [0.25, 0.3) is 0 Å². The first-order valence-electron chi connectivity index (χ1n) is 4.96. The fourth-order valence-electron chi connectivity index (χ4n) is 2.28. The van der Waals surface area contributed by atoms with Crippen LogP contribution < -0.4 is 11.5 Å². The molecule has 1 aliphatic carbocycles. The van der Waals surface area contributed by atoms with E-state index in [2.05, 4.69) is 0 Å². The van der Waals surface area contributed by atoms with Crippen molar-refractivity contribution in [3.8, 4) is 0 Å². The highest BCUT2D eigenvalue weighted by Crippen LogP contribution is 2.37. The first-order valence-corrected chi connectivity index (χ1v) is 5.34. The van der Waals surface area contributed by atoms with E-state index in [0.717, 1.165) is 18.4 Å². The van der Waals surface area contributed by atoms with E-state index in [1.54, 1.807) is 0 Å².